The standard InChI is InChI=1S/C10H18N4O/c1-6(2)9(11)10(15)12-8-5-14(4)13-7(8)3/h5-6,9H,11H2,1-4H3,(H,12,15)/t9-/m1/s1. The van der Waals surface area contributed by atoms with Crippen molar-refractivity contribution in [2.45, 2.75) is 26.8 Å². The molecular formula is C10H18N4O. The average molecular weight is 210 g/mol. The van der Waals surface area contributed by atoms with Crippen molar-refractivity contribution >= 4 is 11.6 Å². The number of hydrogen-bond donors (Lipinski definition) is 2. The second-order valence-electron chi connectivity index (χ2n) is 4.06. The lowest BCUT2D eigenvalue weighted by molar-refractivity contribution is -0.118. The molecule has 3 N–H and O–H groups in total. The molecule has 5 heteroatoms. The summed E-state index contributed by atoms with van der Waals surface area (Å²) in [4.78, 5) is 11.6. The molecule has 0 spiro atoms. The van der Waals surface area contributed by atoms with Gasteiger partial charge in [-0.2, -0.15) is 5.10 Å². The maximum Gasteiger partial charge on any atom is 0.241 e. The minimum atomic E-state index is -0.482. The van der Waals surface area contributed by atoms with Crippen molar-refractivity contribution in [1.29, 1.82) is 0 Å². The first-order valence-corrected chi connectivity index (χ1v) is 4.98. The van der Waals surface area contributed by atoms with Crippen LogP contribution in [0.25, 0.3) is 0 Å². The molecule has 0 radical (unpaired) electrons. The Labute approximate surface area is 89.6 Å². The molecule has 1 aromatic heterocycles. The smallest absolute Gasteiger partial charge is 0.241 e. The van der Waals surface area contributed by atoms with E-state index in [0.717, 1.165) is 11.4 Å². The third-order valence-electron chi connectivity index (χ3n) is 2.29. The molecule has 0 fully saturated rings. The van der Waals surface area contributed by atoms with Crippen LogP contribution in [0, 0.1) is 12.8 Å². The maximum absolute atomic E-state index is 11.6. The number of carbonyl (C=O) groups excluding carboxylic acids is 1. The highest BCUT2D eigenvalue weighted by Gasteiger charge is 2.18. The van der Waals surface area contributed by atoms with Crippen molar-refractivity contribution in [1.82, 2.24) is 9.78 Å². The fourth-order valence-electron chi connectivity index (χ4n) is 1.24. The Balaban J connectivity index is 2.70. The summed E-state index contributed by atoms with van der Waals surface area (Å²) < 4.78 is 1.66. The van der Waals surface area contributed by atoms with Gasteiger partial charge in [0, 0.05) is 13.2 Å². The molecule has 5 nitrogen and oxygen atoms in total. The summed E-state index contributed by atoms with van der Waals surface area (Å²) in [6.45, 7) is 5.68. The lowest BCUT2D eigenvalue weighted by Crippen LogP contribution is -2.39. The zero-order valence-corrected chi connectivity index (χ0v) is 9.61. The number of aryl methyl sites for hydroxylation is 2. The third-order valence-corrected chi connectivity index (χ3v) is 2.29. The highest BCUT2D eigenvalue weighted by Crippen LogP contribution is 2.12. The van der Waals surface area contributed by atoms with E-state index in [4.69, 9.17) is 5.73 Å². The fourth-order valence-corrected chi connectivity index (χ4v) is 1.24. The van der Waals surface area contributed by atoms with Crippen molar-refractivity contribution in [2.24, 2.45) is 18.7 Å². The van der Waals surface area contributed by atoms with E-state index in [2.05, 4.69) is 10.4 Å². The summed E-state index contributed by atoms with van der Waals surface area (Å²) in [5, 5.41) is 6.89. The van der Waals surface area contributed by atoms with Crippen LogP contribution in [0.4, 0.5) is 5.69 Å². The van der Waals surface area contributed by atoms with E-state index in [0.29, 0.717) is 0 Å². The minimum absolute atomic E-state index is 0.127. The molecule has 1 amide bonds. The average Bonchev–Trinajstić information content (AvgIpc) is 2.43. The van der Waals surface area contributed by atoms with Gasteiger partial charge in [-0.05, 0) is 12.8 Å². The lowest BCUT2D eigenvalue weighted by atomic mass is 10.1. The molecule has 0 unspecified atom stereocenters. The van der Waals surface area contributed by atoms with Crippen molar-refractivity contribution in [3.8, 4) is 0 Å². The summed E-state index contributed by atoms with van der Waals surface area (Å²) >= 11 is 0. The van der Waals surface area contributed by atoms with Gasteiger partial charge in [0.15, 0.2) is 0 Å². The van der Waals surface area contributed by atoms with E-state index in [9.17, 15) is 4.79 Å². The highest BCUT2D eigenvalue weighted by atomic mass is 16.2. The van der Waals surface area contributed by atoms with Crippen LogP contribution < -0.4 is 11.1 Å². The Kier molecular flexibility index (Phi) is 3.47. The zero-order chi connectivity index (χ0) is 11.6. The van der Waals surface area contributed by atoms with Crippen LogP contribution in [0.1, 0.15) is 19.5 Å². The highest BCUT2D eigenvalue weighted by molar-refractivity contribution is 5.95. The molecule has 1 atom stereocenters. The van der Waals surface area contributed by atoms with E-state index >= 15 is 0 Å². The number of anilines is 1. The third kappa shape index (κ3) is 2.79. The summed E-state index contributed by atoms with van der Waals surface area (Å²) in [7, 11) is 1.81. The van der Waals surface area contributed by atoms with Gasteiger partial charge in [-0.25, -0.2) is 0 Å². The van der Waals surface area contributed by atoms with Crippen LogP contribution in [0.3, 0.4) is 0 Å². The Morgan fingerprint density at radius 2 is 2.20 bits per heavy atom. The molecular weight excluding hydrogens is 192 g/mol. The zero-order valence-electron chi connectivity index (χ0n) is 9.61. The summed E-state index contributed by atoms with van der Waals surface area (Å²) in [5.74, 6) is -0.0388. The van der Waals surface area contributed by atoms with Crippen LogP contribution in [0.15, 0.2) is 6.20 Å². The number of nitrogens with two attached hydrogens (primary N) is 1. The predicted octanol–water partition coefficient (Wildman–Crippen LogP) is 0.650. The molecule has 0 aromatic carbocycles. The molecule has 0 aliphatic rings. The first-order valence-electron chi connectivity index (χ1n) is 4.98. The van der Waals surface area contributed by atoms with Crippen LogP contribution in [0.2, 0.25) is 0 Å². The van der Waals surface area contributed by atoms with Crippen molar-refractivity contribution < 1.29 is 4.79 Å². The van der Waals surface area contributed by atoms with Crippen LogP contribution in [-0.4, -0.2) is 21.7 Å². The molecule has 1 rings (SSSR count). The van der Waals surface area contributed by atoms with Crippen molar-refractivity contribution in [3.63, 3.8) is 0 Å². The summed E-state index contributed by atoms with van der Waals surface area (Å²) in [6.07, 6.45) is 1.76. The van der Waals surface area contributed by atoms with Gasteiger partial charge in [-0.15, -0.1) is 0 Å². The maximum atomic E-state index is 11.6. The largest absolute Gasteiger partial charge is 0.322 e. The number of aromatic nitrogens is 2. The van der Waals surface area contributed by atoms with Gasteiger partial charge in [-0.1, -0.05) is 13.8 Å². The second kappa shape index (κ2) is 4.44. The SMILES string of the molecule is Cc1nn(C)cc1NC(=O)[C@H](N)C(C)C. The number of amides is 1. The number of rotatable bonds is 3. The number of nitrogens with one attached hydrogen (secondary N) is 1. The van der Waals surface area contributed by atoms with Gasteiger partial charge in [0.25, 0.3) is 0 Å². The Morgan fingerprint density at radius 3 is 2.60 bits per heavy atom. The fraction of sp³-hybridized carbons (Fsp3) is 0.600. The molecule has 1 aromatic rings. The Morgan fingerprint density at radius 1 is 1.60 bits per heavy atom. The number of nitrogens with zero attached hydrogens (tertiary/aromatic N) is 2. The van der Waals surface area contributed by atoms with Crippen molar-refractivity contribution in [3.05, 3.63) is 11.9 Å². The van der Waals surface area contributed by atoms with E-state index in [-0.39, 0.29) is 11.8 Å². The van der Waals surface area contributed by atoms with Crippen molar-refractivity contribution in [2.75, 3.05) is 5.32 Å². The monoisotopic (exact) mass is 210 g/mol. The molecule has 0 aliphatic heterocycles. The second-order valence-corrected chi connectivity index (χ2v) is 4.06. The summed E-state index contributed by atoms with van der Waals surface area (Å²) in [5.41, 5.74) is 7.24. The van der Waals surface area contributed by atoms with E-state index in [1.807, 2.05) is 27.8 Å². The van der Waals surface area contributed by atoms with Gasteiger partial charge in [-0.3, -0.25) is 9.48 Å². The number of carbonyl (C=O) groups is 1. The van der Waals surface area contributed by atoms with Gasteiger partial charge in [0.05, 0.1) is 17.4 Å². The Hall–Kier alpha value is -1.36. The quantitative estimate of drug-likeness (QED) is 0.769. The van der Waals surface area contributed by atoms with Crippen LogP contribution in [0.5, 0.6) is 0 Å². The topological polar surface area (TPSA) is 72.9 Å². The molecule has 0 aliphatic carbocycles. The normalized spacial score (nSPS) is 12.9. The Bertz CT molecular complexity index is 356. The molecule has 0 saturated heterocycles. The number of hydrogen-bond acceptors (Lipinski definition) is 3. The van der Waals surface area contributed by atoms with Gasteiger partial charge < -0.3 is 11.1 Å². The molecule has 1 heterocycles. The minimum Gasteiger partial charge on any atom is -0.322 e. The first-order chi connectivity index (χ1) is 6.91. The van der Waals surface area contributed by atoms with Gasteiger partial charge in [0.1, 0.15) is 0 Å². The first kappa shape index (κ1) is 11.7. The van der Waals surface area contributed by atoms with E-state index < -0.39 is 6.04 Å². The van der Waals surface area contributed by atoms with Crippen LogP contribution >= 0.6 is 0 Å². The lowest BCUT2D eigenvalue weighted by Gasteiger charge is -2.14. The molecule has 15 heavy (non-hydrogen) atoms. The van der Waals surface area contributed by atoms with Gasteiger partial charge in [0.2, 0.25) is 5.91 Å². The predicted molar refractivity (Wildman–Crippen MR) is 59.4 cm³/mol. The molecule has 0 bridgehead atoms. The summed E-state index contributed by atoms with van der Waals surface area (Å²) in [6, 6.07) is -0.482. The van der Waals surface area contributed by atoms with Gasteiger partial charge >= 0.3 is 0 Å². The van der Waals surface area contributed by atoms with Crippen LogP contribution in [-0.2, 0) is 11.8 Å². The molecule has 0 saturated carbocycles. The molecule has 84 valence electrons. The van der Waals surface area contributed by atoms with E-state index in [1.54, 1.807) is 10.9 Å². The van der Waals surface area contributed by atoms with E-state index in [1.165, 1.54) is 0 Å².